The standard InChI is InChI=1S/C8H14N4O/c1-4-7(6(2)13)5-8-9-11-12(3)10-8/h7H,4-5H2,1-3H3. The normalized spacial score (nSPS) is 12.8. The number of carbonyl (C=O) groups excluding carboxylic acids is 1. The Hall–Kier alpha value is -1.26. The molecule has 0 spiro atoms. The van der Waals surface area contributed by atoms with Crippen LogP contribution in [0.15, 0.2) is 0 Å². The van der Waals surface area contributed by atoms with Crippen LogP contribution in [0.3, 0.4) is 0 Å². The van der Waals surface area contributed by atoms with Crippen molar-refractivity contribution in [1.82, 2.24) is 20.2 Å². The maximum absolute atomic E-state index is 11.1. The number of carbonyl (C=O) groups is 1. The van der Waals surface area contributed by atoms with Crippen LogP contribution < -0.4 is 0 Å². The van der Waals surface area contributed by atoms with Gasteiger partial charge in [-0.05, 0) is 18.6 Å². The molecular formula is C8H14N4O. The molecular weight excluding hydrogens is 168 g/mol. The first-order valence-electron chi connectivity index (χ1n) is 4.36. The SMILES string of the molecule is CCC(Cc1nnn(C)n1)C(C)=O. The lowest BCUT2D eigenvalue weighted by atomic mass is 9.98. The van der Waals surface area contributed by atoms with Crippen molar-refractivity contribution in [3.8, 4) is 0 Å². The van der Waals surface area contributed by atoms with Crippen LogP contribution in [0.25, 0.3) is 0 Å². The first kappa shape index (κ1) is 9.83. The molecule has 0 aliphatic carbocycles. The molecule has 1 aromatic heterocycles. The van der Waals surface area contributed by atoms with Gasteiger partial charge in [-0.25, -0.2) is 0 Å². The molecule has 72 valence electrons. The van der Waals surface area contributed by atoms with Crippen LogP contribution in [0, 0.1) is 5.92 Å². The fourth-order valence-corrected chi connectivity index (χ4v) is 1.20. The van der Waals surface area contributed by atoms with Gasteiger partial charge in [0.25, 0.3) is 0 Å². The number of nitrogens with zero attached hydrogens (tertiary/aromatic N) is 4. The molecule has 0 aliphatic rings. The molecule has 1 unspecified atom stereocenters. The Morgan fingerprint density at radius 1 is 1.62 bits per heavy atom. The maximum atomic E-state index is 11.1. The maximum Gasteiger partial charge on any atom is 0.175 e. The van der Waals surface area contributed by atoms with Gasteiger partial charge in [-0.3, -0.25) is 4.79 Å². The van der Waals surface area contributed by atoms with E-state index in [0.29, 0.717) is 12.2 Å². The third-order valence-electron chi connectivity index (χ3n) is 2.05. The van der Waals surface area contributed by atoms with Crippen molar-refractivity contribution in [2.75, 3.05) is 0 Å². The minimum absolute atomic E-state index is 0.0317. The summed E-state index contributed by atoms with van der Waals surface area (Å²) in [6.07, 6.45) is 1.42. The zero-order chi connectivity index (χ0) is 9.84. The highest BCUT2D eigenvalue weighted by atomic mass is 16.1. The number of Topliss-reactive ketones (excluding diaryl/α,β-unsaturated/α-hetero) is 1. The number of hydrogen-bond donors (Lipinski definition) is 0. The number of tetrazole rings is 1. The summed E-state index contributed by atoms with van der Waals surface area (Å²) in [5.74, 6) is 0.865. The molecule has 1 atom stereocenters. The van der Waals surface area contributed by atoms with Crippen molar-refractivity contribution in [3.63, 3.8) is 0 Å². The highest BCUT2D eigenvalue weighted by molar-refractivity contribution is 5.78. The van der Waals surface area contributed by atoms with E-state index in [0.717, 1.165) is 6.42 Å². The third-order valence-corrected chi connectivity index (χ3v) is 2.05. The molecule has 0 radical (unpaired) electrons. The average molecular weight is 182 g/mol. The number of aryl methyl sites for hydroxylation is 1. The molecule has 1 rings (SSSR count). The summed E-state index contributed by atoms with van der Waals surface area (Å²) in [4.78, 5) is 12.5. The Morgan fingerprint density at radius 3 is 2.69 bits per heavy atom. The fraction of sp³-hybridized carbons (Fsp3) is 0.750. The van der Waals surface area contributed by atoms with E-state index in [4.69, 9.17) is 0 Å². The monoisotopic (exact) mass is 182 g/mol. The molecule has 13 heavy (non-hydrogen) atoms. The van der Waals surface area contributed by atoms with E-state index in [9.17, 15) is 4.79 Å². The van der Waals surface area contributed by atoms with Crippen molar-refractivity contribution in [2.45, 2.75) is 26.7 Å². The van der Waals surface area contributed by atoms with Crippen LogP contribution in [0.4, 0.5) is 0 Å². The van der Waals surface area contributed by atoms with E-state index in [-0.39, 0.29) is 11.7 Å². The van der Waals surface area contributed by atoms with Gasteiger partial charge in [0.15, 0.2) is 5.82 Å². The fourth-order valence-electron chi connectivity index (χ4n) is 1.20. The molecule has 0 N–H and O–H groups in total. The summed E-state index contributed by atoms with van der Waals surface area (Å²) in [5.41, 5.74) is 0. The summed E-state index contributed by atoms with van der Waals surface area (Å²) in [6.45, 7) is 3.59. The topological polar surface area (TPSA) is 60.7 Å². The third kappa shape index (κ3) is 2.61. The predicted octanol–water partition coefficient (Wildman–Crippen LogP) is 0.368. The van der Waals surface area contributed by atoms with Gasteiger partial charge in [-0.1, -0.05) is 6.92 Å². The molecule has 0 saturated heterocycles. The summed E-state index contributed by atoms with van der Waals surface area (Å²) in [7, 11) is 1.71. The Labute approximate surface area is 77.1 Å². The van der Waals surface area contributed by atoms with Gasteiger partial charge in [0.2, 0.25) is 0 Å². The second-order valence-electron chi connectivity index (χ2n) is 3.12. The molecule has 0 aliphatic heterocycles. The van der Waals surface area contributed by atoms with Crippen molar-refractivity contribution in [3.05, 3.63) is 5.82 Å². The molecule has 0 saturated carbocycles. The minimum Gasteiger partial charge on any atom is -0.300 e. The van der Waals surface area contributed by atoms with E-state index in [1.54, 1.807) is 14.0 Å². The molecule has 0 aromatic carbocycles. The summed E-state index contributed by atoms with van der Waals surface area (Å²) in [5, 5.41) is 11.6. The quantitative estimate of drug-likeness (QED) is 0.675. The molecule has 0 amide bonds. The number of hydrogen-bond acceptors (Lipinski definition) is 4. The number of rotatable bonds is 4. The second kappa shape index (κ2) is 4.11. The van der Waals surface area contributed by atoms with Gasteiger partial charge in [0, 0.05) is 12.3 Å². The molecule has 0 fully saturated rings. The van der Waals surface area contributed by atoms with Crippen LogP contribution in [-0.4, -0.2) is 26.0 Å². The van der Waals surface area contributed by atoms with E-state index < -0.39 is 0 Å². The Kier molecular flexibility index (Phi) is 3.11. The molecule has 1 heterocycles. The van der Waals surface area contributed by atoms with Crippen LogP contribution in [0.2, 0.25) is 0 Å². The Balaban J connectivity index is 2.61. The predicted molar refractivity (Wildman–Crippen MR) is 47.0 cm³/mol. The minimum atomic E-state index is 0.0317. The van der Waals surface area contributed by atoms with Gasteiger partial charge in [0.1, 0.15) is 5.78 Å². The van der Waals surface area contributed by atoms with Crippen molar-refractivity contribution in [1.29, 1.82) is 0 Å². The summed E-state index contributed by atoms with van der Waals surface area (Å²) >= 11 is 0. The van der Waals surface area contributed by atoms with Gasteiger partial charge in [0.05, 0.1) is 7.05 Å². The molecule has 5 nitrogen and oxygen atoms in total. The first-order valence-corrected chi connectivity index (χ1v) is 4.36. The highest BCUT2D eigenvalue weighted by Crippen LogP contribution is 2.08. The van der Waals surface area contributed by atoms with Crippen LogP contribution in [0.5, 0.6) is 0 Å². The molecule has 0 bridgehead atoms. The number of ketones is 1. The summed E-state index contributed by atoms with van der Waals surface area (Å²) in [6, 6.07) is 0. The van der Waals surface area contributed by atoms with Gasteiger partial charge in [-0.2, -0.15) is 4.80 Å². The van der Waals surface area contributed by atoms with E-state index in [1.165, 1.54) is 4.80 Å². The van der Waals surface area contributed by atoms with Crippen molar-refractivity contribution in [2.24, 2.45) is 13.0 Å². The van der Waals surface area contributed by atoms with Crippen LogP contribution in [0.1, 0.15) is 26.1 Å². The Bertz CT molecular complexity index is 294. The zero-order valence-corrected chi connectivity index (χ0v) is 8.19. The van der Waals surface area contributed by atoms with Gasteiger partial charge < -0.3 is 0 Å². The van der Waals surface area contributed by atoms with E-state index in [1.807, 2.05) is 6.92 Å². The molecule has 1 aromatic rings. The lowest BCUT2D eigenvalue weighted by Gasteiger charge is -2.06. The van der Waals surface area contributed by atoms with Gasteiger partial charge >= 0.3 is 0 Å². The average Bonchev–Trinajstić information content (AvgIpc) is 2.46. The zero-order valence-electron chi connectivity index (χ0n) is 8.19. The largest absolute Gasteiger partial charge is 0.300 e. The van der Waals surface area contributed by atoms with Crippen LogP contribution >= 0.6 is 0 Å². The van der Waals surface area contributed by atoms with Crippen molar-refractivity contribution >= 4 is 5.78 Å². The highest BCUT2D eigenvalue weighted by Gasteiger charge is 2.15. The number of aromatic nitrogens is 4. The van der Waals surface area contributed by atoms with Crippen molar-refractivity contribution < 1.29 is 4.79 Å². The second-order valence-corrected chi connectivity index (χ2v) is 3.12. The van der Waals surface area contributed by atoms with Crippen LogP contribution in [-0.2, 0) is 18.3 Å². The lowest BCUT2D eigenvalue weighted by molar-refractivity contribution is -0.120. The smallest absolute Gasteiger partial charge is 0.175 e. The molecule has 5 heteroatoms. The first-order chi connectivity index (χ1) is 6.13. The van der Waals surface area contributed by atoms with E-state index >= 15 is 0 Å². The Morgan fingerprint density at radius 2 is 2.31 bits per heavy atom. The lowest BCUT2D eigenvalue weighted by Crippen LogP contribution is -2.13. The summed E-state index contributed by atoms with van der Waals surface area (Å²) < 4.78 is 0. The van der Waals surface area contributed by atoms with Gasteiger partial charge in [-0.15, -0.1) is 10.2 Å². The van der Waals surface area contributed by atoms with E-state index in [2.05, 4.69) is 15.4 Å².